The summed E-state index contributed by atoms with van der Waals surface area (Å²) < 4.78 is 5.76. The fraction of sp³-hybridized carbons (Fsp3) is 0.125. The summed E-state index contributed by atoms with van der Waals surface area (Å²) in [5, 5.41) is 0.693. The van der Waals surface area contributed by atoms with Gasteiger partial charge in [-0.3, -0.25) is 0 Å². The molecule has 3 aromatic rings. The number of oxazole rings is 1. The number of fused-ring (bicyclic) bond motifs is 1. The normalized spacial score (nSPS) is 12.0. The molecule has 5 heteroatoms. The third-order valence-electron chi connectivity index (χ3n) is 3.10. The van der Waals surface area contributed by atoms with Crippen molar-refractivity contribution in [2.45, 2.75) is 13.8 Å². The molecule has 0 radical (unpaired) electrons. The molecule has 0 aliphatic carbocycles. The number of aromatic nitrogens is 1. The average molecular weight is 300 g/mol. The molecule has 1 heterocycles. The predicted molar refractivity (Wildman–Crippen MR) is 86.1 cm³/mol. The van der Waals surface area contributed by atoms with Crippen LogP contribution in [0.5, 0.6) is 0 Å². The van der Waals surface area contributed by atoms with Crippen LogP contribution in [0, 0.1) is 6.92 Å². The second-order valence-electron chi connectivity index (χ2n) is 4.89. The van der Waals surface area contributed by atoms with Gasteiger partial charge in [-0.1, -0.05) is 17.7 Å². The lowest BCUT2D eigenvalue weighted by Crippen LogP contribution is -2.03. The van der Waals surface area contributed by atoms with Gasteiger partial charge >= 0.3 is 0 Å². The zero-order chi connectivity index (χ0) is 15.0. The Balaban J connectivity index is 2.08. The van der Waals surface area contributed by atoms with Crippen molar-refractivity contribution in [1.82, 2.24) is 4.98 Å². The van der Waals surface area contributed by atoms with E-state index in [0.717, 1.165) is 22.3 Å². The molecule has 0 amide bonds. The number of hydrogen-bond acceptors (Lipinski definition) is 3. The van der Waals surface area contributed by atoms with Crippen molar-refractivity contribution in [3.8, 4) is 11.5 Å². The van der Waals surface area contributed by atoms with E-state index in [-0.39, 0.29) is 0 Å². The summed E-state index contributed by atoms with van der Waals surface area (Å²) in [6, 6.07) is 11.3. The van der Waals surface area contributed by atoms with E-state index >= 15 is 0 Å². The highest BCUT2D eigenvalue weighted by atomic mass is 35.5. The van der Waals surface area contributed by atoms with Gasteiger partial charge in [-0.25, -0.2) is 9.98 Å². The molecule has 4 nitrogen and oxygen atoms in total. The van der Waals surface area contributed by atoms with E-state index in [2.05, 4.69) is 9.98 Å². The maximum atomic E-state index is 6.14. The van der Waals surface area contributed by atoms with E-state index in [9.17, 15) is 0 Å². The van der Waals surface area contributed by atoms with Gasteiger partial charge in [-0.2, -0.15) is 0 Å². The molecule has 0 bridgehead atoms. The van der Waals surface area contributed by atoms with Crippen LogP contribution in [0.2, 0.25) is 5.02 Å². The van der Waals surface area contributed by atoms with E-state index in [4.69, 9.17) is 21.8 Å². The van der Waals surface area contributed by atoms with Crippen LogP contribution in [-0.4, -0.2) is 10.8 Å². The number of aryl methyl sites for hydroxylation is 1. The molecule has 0 unspecified atom stereocenters. The van der Waals surface area contributed by atoms with Gasteiger partial charge in [0, 0.05) is 10.6 Å². The lowest BCUT2D eigenvalue weighted by molar-refractivity contribution is 0.620. The maximum absolute atomic E-state index is 6.14. The van der Waals surface area contributed by atoms with Gasteiger partial charge < -0.3 is 10.2 Å². The first kappa shape index (κ1) is 13.6. The first-order valence-corrected chi connectivity index (χ1v) is 6.88. The summed E-state index contributed by atoms with van der Waals surface area (Å²) in [6.45, 7) is 3.70. The molecule has 1 aromatic heterocycles. The summed E-state index contributed by atoms with van der Waals surface area (Å²) in [6.07, 6.45) is 0. The van der Waals surface area contributed by atoms with E-state index in [1.165, 1.54) is 0 Å². The number of aliphatic imine (C=N–C) groups is 1. The molecule has 2 aromatic carbocycles. The third-order valence-corrected chi connectivity index (χ3v) is 3.50. The first-order valence-electron chi connectivity index (χ1n) is 6.51. The Morgan fingerprint density at radius 1 is 1.24 bits per heavy atom. The van der Waals surface area contributed by atoms with Crippen LogP contribution in [0.4, 0.5) is 5.69 Å². The first-order chi connectivity index (χ1) is 10.0. The molecule has 0 aliphatic rings. The molecule has 0 fully saturated rings. The van der Waals surface area contributed by atoms with Crippen molar-refractivity contribution >= 4 is 34.2 Å². The van der Waals surface area contributed by atoms with Crippen LogP contribution in [0.15, 0.2) is 45.8 Å². The second-order valence-corrected chi connectivity index (χ2v) is 5.30. The number of rotatable bonds is 2. The van der Waals surface area contributed by atoms with E-state index in [1.807, 2.05) is 43.3 Å². The average Bonchev–Trinajstić information content (AvgIpc) is 2.84. The Labute approximate surface area is 127 Å². The van der Waals surface area contributed by atoms with Gasteiger partial charge in [0.25, 0.3) is 0 Å². The zero-order valence-electron chi connectivity index (χ0n) is 11.7. The lowest BCUT2D eigenvalue weighted by atomic mass is 10.1. The number of hydrogen-bond donors (Lipinski definition) is 1. The van der Waals surface area contributed by atoms with Crippen molar-refractivity contribution < 1.29 is 4.42 Å². The van der Waals surface area contributed by atoms with Crippen LogP contribution in [0.1, 0.15) is 12.5 Å². The van der Waals surface area contributed by atoms with Gasteiger partial charge in [-0.15, -0.1) is 0 Å². The van der Waals surface area contributed by atoms with Crippen molar-refractivity contribution in [3.63, 3.8) is 0 Å². The molecule has 0 saturated carbocycles. The minimum absolute atomic E-state index is 0.503. The zero-order valence-corrected chi connectivity index (χ0v) is 12.5. The molecular formula is C16H14ClN3O. The van der Waals surface area contributed by atoms with E-state index in [0.29, 0.717) is 22.3 Å². The van der Waals surface area contributed by atoms with Crippen LogP contribution in [0.3, 0.4) is 0 Å². The molecule has 0 saturated heterocycles. The highest BCUT2D eigenvalue weighted by molar-refractivity contribution is 6.31. The highest BCUT2D eigenvalue weighted by Crippen LogP contribution is 2.29. The third kappa shape index (κ3) is 2.76. The summed E-state index contributed by atoms with van der Waals surface area (Å²) >= 11 is 6.14. The predicted octanol–water partition coefficient (Wildman–Crippen LogP) is 4.47. The van der Waals surface area contributed by atoms with Crippen molar-refractivity contribution in [2.24, 2.45) is 10.7 Å². The quantitative estimate of drug-likeness (QED) is 0.561. The topological polar surface area (TPSA) is 64.4 Å². The lowest BCUT2D eigenvalue weighted by Gasteiger charge is -1.99. The Hall–Kier alpha value is -2.33. The monoisotopic (exact) mass is 299 g/mol. The standard InChI is InChI=1S/C16H14ClN3O/c1-9-3-4-11(7-13(9)17)16-20-14-8-12(19-10(2)18)5-6-15(14)21-16/h3-8H,1-2H3,(H2,18,19). The van der Waals surface area contributed by atoms with Crippen molar-refractivity contribution in [2.75, 3.05) is 0 Å². The Kier molecular flexibility index (Phi) is 3.39. The fourth-order valence-corrected chi connectivity index (χ4v) is 2.22. The van der Waals surface area contributed by atoms with Gasteiger partial charge in [-0.05, 0) is 49.7 Å². The van der Waals surface area contributed by atoms with Crippen LogP contribution >= 0.6 is 11.6 Å². The summed E-state index contributed by atoms with van der Waals surface area (Å²) in [7, 11) is 0. The summed E-state index contributed by atoms with van der Waals surface area (Å²) in [4.78, 5) is 8.70. The molecule has 21 heavy (non-hydrogen) atoms. The molecule has 2 N–H and O–H groups in total. The Morgan fingerprint density at radius 2 is 2.05 bits per heavy atom. The molecule has 0 aliphatic heterocycles. The molecular weight excluding hydrogens is 286 g/mol. The molecule has 3 rings (SSSR count). The minimum atomic E-state index is 0.503. The number of nitrogens with zero attached hydrogens (tertiary/aromatic N) is 2. The van der Waals surface area contributed by atoms with Gasteiger partial charge in [0.15, 0.2) is 5.58 Å². The van der Waals surface area contributed by atoms with Gasteiger partial charge in [0.2, 0.25) is 5.89 Å². The number of amidine groups is 1. The van der Waals surface area contributed by atoms with Gasteiger partial charge in [0.05, 0.1) is 11.5 Å². The Morgan fingerprint density at radius 3 is 2.76 bits per heavy atom. The van der Waals surface area contributed by atoms with E-state index in [1.54, 1.807) is 6.92 Å². The van der Waals surface area contributed by atoms with Crippen molar-refractivity contribution in [1.29, 1.82) is 0 Å². The van der Waals surface area contributed by atoms with Crippen LogP contribution in [-0.2, 0) is 0 Å². The number of nitrogens with two attached hydrogens (primary N) is 1. The highest BCUT2D eigenvalue weighted by Gasteiger charge is 2.10. The SMILES string of the molecule is CC(N)=Nc1ccc2oc(-c3ccc(C)c(Cl)c3)nc2c1. The number of benzene rings is 2. The molecule has 0 atom stereocenters. The summed E-state index contributed by atoms with van der Waals surface area (Å²) in [5.74, 6) is 1.04. The number of halogens is 1. The Bertz CT molecular complexity index is 848. The summed E-state index contributed by atoms with van der Waals surface area (Å²) in [5.41, 5.74) is 9.65. The maximum Gasteiger partial charge on any atom is 0.227 e. The van der Waals surface area contributed by atoms with Crippen LogP contribution in [0.25, 0.3) is 22.6 Å². The van der Waals surface area contributed by atoms with Crippen LogP contribution < -0.4 is 5.73 Å². The minimum Gasteiger partial charge on any atom is -0.436 e. The van der Waals surface area contributed by atoms with E-state index < -0.39 is 0 Å². The second kappa shape index (κ2) is 5.22. The van der Waals surface area contributed by atoms with Gasteiger partial charge in [0.1, 0.15) is 5.52 Å². The smallest absolute Gasteiger partial charge is 0.227 e. The fourth-order valence-electron chi connectivity index (χ4n) is 2.04. The largest absolute Gasteiger partial charge is 0.436 e. The molecule has 0 spiro atoms. The molecule has 106 valence electrons. The van der Waals surface area contributed by atoms with Crippen molar-refractivity contribution in [3.05, 3.63) is 47.0 Å².